The second-order valence-electron chi connectivity index (χ2n) is 2.49. The summed E-state index contributed by atoms with van der Waals surface area (Å²) >= 11 is 11.5. The van der Waals surface area contributed by atoms with Gasteiger partial charge in [0.25, 0.3) is 0 Å². The molecule has 0 aliphatic rings. The second kappa shape index (κ2) is 4.20. The number of alkyl halides is 2. The molecule has 0 aromatic rings. The Hall–Kier alpha value is 0.250. The van der Waals surface area contributed by atoms with Gasteiger partial charge in [-0.15, -0.1) is 23.2 Å². The first-order valence-corrected chi connectivity index (χ1v) is 4.12. The Kier molecular flexibility index (Phi) is 4.30. The van der Waals surface area contributed by atoms with Crippen molar-refractivity contribution in [2.75, 3.05) is 0 Å². The first-order chi connectivity index (χ1) is 4.46. The molecule has 0 bridgehead atoms. The molecule has 3 heteroatoms. The molecule has 0 aromatic carbocycles. The van der Waals surface area contributed by atoms with Gasteiger partial charge in [-0.2, -0.15) is 0 Å². The van der Waals surface area contributed by atoms with Gasteiger partial charge >= 0.3 is 0 Å². The molecule has 2 atom stereocenters. The summed E-state index contributed by atoms with van der Waals surface area (Å²) in [6.07, 6.45) is 0. The lowest BCUT2D eigenvalue weighted by atomic mass is 9.98. The zero-order valence-electron chi connectivity index (χ0n) is 6.40. The summed E-state index contributed by atoms with van der Waals surface area (Å²) in [5.41, 5.74) is 0. The van der Waals surface area contributed by atoms with Crippen LogP contribution in [0.25, 0.3) is 0 Å². The zero-order valence-corrected chi connectivity index (χ0v) is 7.91. The van der Waals surface area contributed by atoms with Crippen LogP contribution < -0.4 is 0 Å². The van der Waals surface area contributed by atoms with Crippen molar-refractivity contribution in [2.45, 2.75) is 31.5 Å². The van der Waals surface area contributed by atoms with E-state index in [0.29, 0.717) is 0 Å². The lowest BCUT2D eigenvalue weighted by Gasteiger charge is -2.17. The van der Waals surface area contributed by atoms with Crippen LogP contribution >= 0.6 is 23.2 Å². The minimum Gasteiger partial charge on any atom is -0.300 e. The summed E-state index contributed by atoms with van der Waals surface area (Å²) in [6.45, 7) is 5.08. The Labute approximate surface area is 71.7 Å². The highest BCUT2D eigenvalue weighted by Gasteiger charge is 2.24. The number of rotatable bonds is 3. The van der Waals surface area contributed by atoms with E-state index in [9.17, 15) is 4.79 Å². The van der Waals surface area contributed by atoms with Gasteiger partial charge in [0.15, 0.2) is 0 Å². The molecule has 0 aliphatic heterocycles. The first kappa shape index (κ1) is 10.2. The third kappa shape index (κ3) is 2.89. The van der Waals surface area contributed by atoms with Crippen LogP contribution in [-0.2, 0) is 4.79 Å². The molecule has 0 fully saturated rings. The van der Waals surface area contributed by atoms with Crippen molar-refractivity contribution >= 4 is 29.0 Å². The zero-order chi connectivity index (χ0) is 8.31. The molecule has 2 unspecified atom stereocenters. The van der Waals surface area contributed by atoms with Gasteiger partial charge in [0.1, 0.15) is 5.78 Å². The van der Waals surface area contributed by atoms with Crippen LogP contribution in [-0.4, -0.2) is 16.5 Å². The van der Waals surface area contributed by atoms with E-state index in [1.54, 1.807) is 13.8 Å². The standard InChI is InChI=1S/C7H12Cl2O/c1-4(8)7(5(2)9)6(3)10/h4-5,7H,1-3H3. The van der Waals surface area contributed by atoms with E-state index in [2.05, 4.69) is 0 Å². The lowest BCUT2D eigenvalue weighted by molar-refractivity contribution is -0.120. The average Bonchev–Trinajstić information content (AvgIpc) is 1.59. The minimum atomic E-state index is -0.219. The topological polar surface area (TPSA) is 17.1 Å². The van der Waals surface area contributed by atoms with Crippen molar-refractivity contribution < 1.29 is 4.79 Å². The van der Waals surface area contributed by atoms with Gasteiger partial charge < -0.3 is 0 Å². The van der Waals surface area contributed by atoms with Gasteiger partial charge in [-0.3, -0.25) is 4.79 Å². The second-order valence-corrected chi connectivity index (χ2v) is 3.87. The van der Waals surface area contributed by atoms with Crippen molar-refractivity contribution in [1.29, 1.82) is 0 Å². The number of hydrogen-bond donors (Lipinski definition) is 0. The van der Waals surface area contributed by atoms with Gasteiger partial charge in [-0.25, -0.2) is 0 Å². The van der Waals surface area contributed by atoms with E-state index in [1.807, 2.05) is 0 Å². The molecule has 0 aliphatic carbocycles. The molecule has 0 rings (SSSR count). The number of halogens is 2. The van der Waals surface area contributed by atoms with E-state index >= 15 is 0 Å². The quantitative estimate of drug-likeness (QED) is 0.614. The van der Waals surface area contributed by atoms with Gasteiger partial charge in [0, 0.05) is 16.7 Å². The summed E-state index contributed by atoms with van der Waals surface area (Å²) in [6, 6.07) is 0. The molecule has 0 N–H and O–H groups in total. The molecular formula is C7H12Cl2O. The van der Waals surface area contributed by atoms with Gasteiger partial charge in [-0.05, 0) is 20.8 Å². The molecule has 0 spiro atoms. The first-order valence-electron chi connectivity index (χ1n) is 3.25. The van der Waals surface area contributed by atoms with E-state index in [4.69, 9.17) is 23.2 Å². The number of hydrogen-bond acceptors (Lipinski definition) is 1. The maximum Gasteiger partial charge on any atom is 0.135 e. The Balaban J connectivity index is 4.12. The Morgan fingerprint density at radius 1 is 1.20 bits per heavy atom. The van der Waals surface area contributed by atoms with Crippen LogP contribution in [0.15, 0.2) is 0 Å². The maximum absolute atomic E-state index is 10.9. The average molecular weight is 183 g/mol. The fourth-order valence-electron chi connectivity index (χ4n) is 1.01. The lowest BCUT2D eigenvalue weighted by Crippen LogP contribution is -2.27. The van der Waals surface area contributed by atoms with Crippen LogP contribution in [0.4, 0.5) is 0 Å². The molecule has 0 heterocycles. The molecule has 0 saturated carbocycles. The number of carbonyl (C=O) groups is 1. The van der Waals surface area contributed by atoms with Crippen LogP contribution in [0.2, 0.25) is 0 Å². The molecular weight excluding hydrogens is 171 g/mol. The third-order valence-electron chi connectivity index (χ3n) is 1.46. The summed E-state index contributed by atoms with van der Waals surface area (Å²) in [5.74, 6) is -0.159. The smallest absolute Gasteiger partial charge is 0.135 e. The highest BCUT2D eigenvalue weighted by Crippen LogP contribution is 2.19. The largest absolute Gasteiger partial charge is 0.300 e. The molecule has 0 amide bonds. The summed E-state index contributed by atoms with van der Waals surface area (Å²) in [5, 5.41) is -0.352. The maximum atomic E-state index is 10.9. The van der Waals surface area contributed by atoms with Crippen molar-refractivity contribution in [3.05, 3.63) is 0 Å². The molecule has 10 heavy (non-hydrogen) atoms. The van der Waals surface area contributed by atoms with Crippen LogP contribution in [0.3, 0.4) is 0 Å². The fourth-order valence-corrected chi connectivity index (χ4v) is 1.88. The summed E-state index contributed by atoms with van der Waals surface area (Å²) in [7, 11) is 0. The minimum absolute atomic E-state index is 0.0602. The summed E-state index contributed by atoms with van der Waals surface area (Å²) in [4.78, 5) is 10.9. The molecule has 1 nitrogen and oxygen atoms in total. The molecule has 0 aromatic heterocycles. The third-order valence-corrected chi connectivity index (χ3v) is 2.00. The number of ketones is 1. The molecule has 60 valence electrons. The normalized spacial score (nSPS) is 19.7. The van der Waals surface area contributed by atoms with Crippen molar-refractivity contribution in [3.8, 4) is 0 Å². The Morgan fingerprint density at radius 2 is 1.50 bits per heavy atom. The van der Waals surface area contributed by atoms with Crippen LogP contribution in [0.5, 0.6) is 0 Å². The van der Waals surface area contributed by atoms with Crippen molar-refractivity contribution in [2.24, 2.45) is 5.92 Å². The molecule has 0 saturated heterocycles. The summed E-state index contributed by atoms with van der Waals surface area (Å²) < 4.78 is 0. The van der Waals surface area contributed by atoms with Crippen LogP contribution in [0.1, 0.15) is 20.8 Å². The highest BCUT2D eigenvalue weighted by molar-refractivity contribution is 6.25. The fraction of sp³-hybridized carbons (Fsp3) is 0.857. The monoisotopic (exact) mass is 182 g/mol. The highest BCUT2D eigenvalue weighted by atomic mass is 35.5. The SMILES string of the molecule is CC(=O)C(C(C)Cl)C(C)Cl. The predicted octanol–water partition coefficient (Wildman–Crippen LogP) is 2.45. The van der Waals surface area contributed by atoms with Gasteiger partial charge in [-0.1, -0.05) is 0 Å². The molecule has 0 radical (unpaired) electrons. The number of carbonyl (C=O) groups excluding carboxylic acids is 1. The Morgan fingerprint density at radius 3 is 1.50 bits per heavy atom. The van der Waals surface area contributed by atoms with E-state index < -0.39 is 0 Å². The van der Waals surface area contributed by atoms with Crippen molar-refractivity contribution in [3.63, 3.8) is 0 Å². The van der Waals surface area contributed by atoms with E-state index in [-0.39, 0.29) is 22.5 Å². The van der Waals surface area contributed by atoms with Gasteiger partial charge in [0.2, 0.25) is 0 Å². The van der Waals surface area contributed by atoms with E-state index in [0.717, 1.165) is 0 Å². The van der Waals surface area contributed by atoms with Crippen LogP contribution in [0, 0.1) is 5.92 Å². The predicted molar refractivity (Wildman–Crippen MR) is 44.8 cm³/mol. The van der Waals surface area contributed by atoms with E-state index in [1.165, 1.54) is 6.92 Å². The Bertz CT molecular complexity index is 113. The number of Topliss-reactive ketones (excluding diaryl/α,β-unsaturated/α-hetero) is 1. The van der Waals surface area contributed by atoms with Gasteiger partial charge in [0.05, 0.1) is 0 Å². The van der Waals surface area contributed by atoms with Crippen molar-refractivity contribution in [1.82, 2.24) is 0 Å².